The number of carbonyl (C=O) groups excluding carboxylic acids is 1. The van der Waals surface area contributed by atoms with Gasteiger partial charge in [0, 0.05) is 15.6 Å². The van der Waals surface area contributed by atoms with Gasteiger partial charge < -0.3 is 11.1 Å². The van der Waals surface area contributed by atoms with Gasteiger partial charge in [-0.2, -0.15) is 0 Å². The molecule has 0 aliphatic carbocycles. The second kappa shape index (κ2) is 5.51. The Labute approximate surface area is 121 Å². The molecule has 5 heteroatoms. The molecule has 0 aliphatic rings. The van der Waals surface area contributed by atoms with E-state index in [0.29, 0.717) is 27.0 Å². The van der Waals surface area contributed by atoms with E-state index in [4.69, 9.17) is 28.9 Å². The molecule has 2 aromatic carbocycles. The van der Waals surface area contributed by atoms with E-state index in [0.717, 1.165) is 5.56 Å². The van der Waals surface area contributed by atoms with E-state index in [1.54, 1.807) is 36.4 Å². The number of rotatable bonds is 2. The van der Waals surface area contributed by atoms with Gasteiger partial charge >= 0.3 is 0 Å². The SMILES string of the molecule is Cc1ccc(C(=O)Nc2cc(Cl)ccc2N)cc1Cl. The summed E-state index contributed by atoms with van der Waals surface area (Å²) < 4.78 is 0. The first-order valence-corrected chi connectivity index (χ1v) is 6.35. The summed E-state index contributed by atoms with van der Waals surface area (Å²) in [4.78, 5) is 12.1. The highest BCUT2D eigenvalue weighted by atomic mass is 35.5. The molecule has 0 atom stereocenters. The van der Waals surface area contributed by atoms with Crippen molar-refractivity contribution < 1.29 is 4.79 Å². The topological polar surface area (TPSA) is 55.1 Å². The predicted octanol–water partition coefficient (Wildman–Crippen LogP) is 4.14. The first-order chi connectivity index (χ1) is 8.97. The van der Waals surface area contributed by atoms with Gasteiger partial charge in [0.15, 0.2) is 0 Å². The summed E-state index contributed by atoms with van der Waals surface area (Å²) in [6.07, 6.45) is 0. The van der Waals surface area contributed by atoms with Crippen molar-refractivity contribution >= 4 is 40.5 Å². The normalized spacial score (nSPS) is 10.3. The molecule has 0 heterocycles. The molecule has 0 aromatic heterocycles. The first kappa shape index (κ1) is 13.7. The van der Waals surface area contributed by atoms with Crippen LogP contribution in [-0.4, -0.2) is 5.91 Å². The van der Waals surface area contributed by atoms with E-state index in [1.165, 1.54) is 0 Å². The number of halogens is 2. The van der Waals surface area contributed by atoms with Crippen LogP contribution in [0, 0.1) is 6.92 Å². The van der Waals surface area contributed by atoms with Gasteiger partial charge in [0.2, 0.25) is 0 Å². The fourth-order valence-corrected chi connectivity index (χ4v) is 1.92. The van der Waals surface area contributed by atoms with Gasteiger partial charge in [-0.25, -0.2) is 0 Å². The quantitative estimate of drug-likeness (QED) is 0.818. The van der Waals surface area contributed by atoms with Crippen molar-refractivity contribution in [2.45, 2.75) is 6.92 Å². The van der Waals surface area contributed by atoms with Crippen LogP contribution >= 0.6 is 23.2 Å². The Morgan fingerprint density at radius 2 is 1.89 bits per heavy atom. The fraction of sp³-hybridized carbons (Fsp3) is 0.0714. The van der Waals surface area contributed by atoms with Crippen LogP contribution in [0.25, 0.3) is 0 Å². The number of benzene rings is 2. The first-order valence-electron chi connectivity index (χ1n) is 5.60. The van der Waals surface area contributed by atoms with Gasteiger partial charge in [-0.05, 0) is 42.8 Å². The van der Waals surface area contributed by atoms with E-state index in [2.05, 4.69) is 5.32 Å². The number of aryl methyl sites for hydroxylation is 1. The van der Waals surface area contributed by atoms with Gasteiger partial charge in [0.1, 0.15) is 0 Å². The van der Waals surface area contributed by atoms with Crippen LogP contribution in [0.5, 0.6) is 0 Å². The van der Waals surface area contributed by atoms with Gasteiger partial charge in [0.05, 0.1) is 11.4 Å². The molecule has 0 bridgehead atoms. The molecule has 0 radical (unpaired) electrons. The number of nitrogens with two attached hydrogens (primary N) is 1. The molecule has 3 N–H and O–H groups in total. The summed E-state index contributed by atoms with van der Waals surface area (Å²) >= 11 is 11.9. The summed E-state index contributed by atoms with van der Waals surface area (Å²) in [5.74, 6) is -0.282. The molecule has 0 unspecified atom stereocenters. The molecule has 0 saturated heterocycles. The second-order valence-corrected chi connectivity index (χ2v) is 4.99. The maximum absolute atomic E-state index is 12.1. The smallest absolute Gasteiger partial charge is 0.255 e. The van der Waals surface area contributed by atoms with Crippen LogP contribution in [0.15, 0.2) is 36.4 Å². The third kappa shape index (κ3) is 3.19. The minimum atomic E-state index is -0.282. The zero-order valence-corrected chi connectivity index (χ0v) is 11.7. The van der Waals surface area contributed by atoms with Crippen molar-refractivity contribution in [3.63, 3.8) is 0 Å². The number of amides is 1. The molecular formula is C14H12Cl2N2O. The lowest BCUT2D eigenvalue weighted by Gasteiger charge is -2.09. The molecule has 0 spiro atoms. The van der Waals surface area contributed by atoms with E-state index < -0.39 is 0 Å². The molecule has 98 valence electrons. The number of anilines is 2. The van der Waals surface area contributed by atoms with Crippen molar-refractivity contribution in [2.75, 3.05) is 11.1 Å². The second-order valence-electron chi connectivity index (χ2n) is 4.15. The largest absolute Gasteiger partial charge is 0.397 e. The number of hydrogen-bond donors (Lipinski definition) is 2. The van der Waals surface area contributed by atoms with Crippen molar-refractivity contribution in [1.29, 1.82) is 0 Å². The van der Waals surface area contributed by atoms with E-state index in [-0.39, 0.29) is 5.91 Å². The highest BCUT2D eigenvalue weighted by Gasteiger charge is 2.09. The average Bonchev–Trinajstić information content (AvgIpc) is 2.37. The van der Waals surface area contributed by atoms with E-state index >= 15 is 0 Å². The summed E-state index contributed by atoms with van der Waals surface area (Å²) in [5, 5.41) is 3.76. The summed E-state index contributed by atoms with van der Waals surface area (Å²) in [6, 6.07) is 10.0. The van der Waals surface area contributed by atoms with Crippen molar-refractivity contribution in [3.8, 4) is 0 Å². The Balaban J connectivity index is 2.25. The van der Waals surface area contributed by atoms with Crippen LogP contribution < -0.4 is 11.1 Å². The lowest BCUT2D eigenvalue weighted by molar-refractivity contribution is 0.102. The summed E-state index contributed by atoms with van der Waals surface area (Å²) in [6.45, 7) is 1.87. The van der Waals surface area contributed by atoms with Crippen LogP contribution in [-0.2, 0) is 0 Å². The monoisotopic (exact) mass is 294 g/mol. The minimum absolute atomic E-state index is 0.282. The maximum atomic E-state index is 12.1. The Hall–Kier alpha value is -1.71. The Kier molecular flexibility index (Phi) is 3.98. The molecular weight excluding hydrogens is 283 g/mol. The van der Waals surface area contributed by atoms with Crippen LogP contribution in [0.2, 0.25) is 10.0 Å². The molecule has 0 fully saturated rings. The minimum Gasteiger partial charge on any atom is -0.397 e. The van der Waals surface area contributed by atoms with Crippen molar-refractivity contribution in [2.24, 2.45) is 0 Å². The molecule has 2 aromatic rings. The van der Waals surface area contributed by atoms with E-state index in [9.17, 15) is 4.79 Å². The highest BCUT2D eigenvalue weighted by Crippen LogP contribution is 2.24. The van der Waals surface area contributed by atoms with Gasteiger partial charge in [0.25, 0.3) is 5.91 Å². The maximum Gasteiger partial charge on any atom is 0.255 e. The standard InChI is InChI=1S/C14H12Cl2N2O/c1-8-2-3-9(6-11(8)16)14(19)18-13-7-10(15)4-5-12(13)17/h2-7H,17H2,1H3,(H,18,19). The fourth-order valence-electron chi connectivity index (χ4n) is 1.57. The third-order valence-electron chi connectivity index (χ3n) is 2.70. The Morgan fingerprint density at radius 3 is 2.58 bits per heavy atom. The molecule has 1 amide bonds. The van der Waals surface area contributed by atoms with Crippen LogP contribution in [0.1, 0.15) is 15.9 Å². The van der Waals surface area contributed by atoms with Gasteiger partial charge in [-0.15, -0.1) is 0 Å². The number of hydrogen-bond acceptors (Lipinski definition) is 2. The molecule has 3 nitrogen and oxygen atoms in total. The molecule has 0 aliphatic heterocycles. The van der Waals surface area contributed by atoms with Crippen molar-refractivity contribution in [3.05, 3.63) is 57.6 Å². The number of nitrogens with one attached hydrogen (secondary N) is 1. The lowest BCUT2D eigenvalue weighted by Crippen LogP contribution is -2.13. The number of nitrogen functional groups attached to an aromatic ring is 1. The lowest BCUT2D eigenvalue weighted by atomic mass is 10.1. The van der Waals surface area contributed by atoms with E-state index in [1.807, 2.05) is 6.92 Å². The molecule has 0 saturated carbocycles. The predicted molar refractivity (Wildman–Crippen MR) is 80.0 cm³/mol. The van der Waals surface area contributed by atoms with Crippen molar-refractivity contribution in [1.82, 2.24) is 0 Å². The zero-order chi connectivity index (χ0) is 14.0. The molecule has 19 heavy (non-hydrogen) atoms. The molecule has 2 rings (SSSR count). The Morgan fingerprint density at radius 1 is 1.16 bits per heavy atom. The van der Waals surface area contributed by atoms with Gasteiger partial charge in [-0.3, -0.25) is 4.79 Å². The van der Waals surface area contributed by atoms with Crippen LogP contribution in [0.3, 0.4) is 0 Å². The third-order valence-corrected chi connectivity index (χ3v) is 3.34. The summed E-state index contributed by atoms with van der Waals surface area (Å²) in [5.41, 5.74) is 8.09. The van der Waals surface area contributed by atoms with Gasteiger partial charge in [-0.1, -0.05) is 29.3 Å². The zero-order valence-electron chi connectivity index (χ0n) is 10.2. The average molecular weight is 295 g/mol. The number of carbonyl (C=O) groups is 1. The highest BCUT2D eigenvalue weighted by molar-refractivity contribution is 6.32. The summed E-state index contributed by atoms with van der Waals surface area (Å²) in [7, 11) is 0. The Bertz CT molecular complexity index is 641. The van der Waals surface area contributed by atoms with Crippen LogP contribution in [0.4, 0.5) is 11.4 Å².